The smallest absolute Gasteiger partial charge is 0.332 e. The van der Waals surface area contributed by atoms with E-state index in [1.165, 1.54) is 88.5 Å². The van der Waals surface area contributed by atoms with E-state index in [1.807, 2.05) is 0 Å². The Morgan fingerprint density at radius 3 is 1.69 bits per heavy atom. The lowest BCUT2D eigenvalue weighted by molar-refractivity contribution is -0.192. The Kier molecular flexibility index (Phi) is 14.3. The van der Waals surface area contributed by atoms with Crippen molar-refractivity contribution in [1.82, 2.24) is 5.06 Å². The van der Waals surface area contributed by atoms with Crippen LogP contribution < -0.4 is 0 Å². The molecule has 0 aromatic rings. The summed E-state index contributed by atoms with van der Waals surface area (Å²) in [6.07, 6.45) is 21.5. The van der Waals surface area contributed by atoms with E-state index in [2.05, 4.69) is 6.92 Å². The summed E-state index contributed by atoms with van der Waals surface area (Å²) in [5.74, 6) is -0.315. The third-order valence-electron chi connectivity index (χ3n) is 5.23. The zero-order valence-electron chi connectivity index (χ0n) is 17.1. The van der Waals surface area contributed by atoms with Crippen LogP contribution in [0.2, 0.25) is 0 Å². The number of hydrogen-bond donors (Lipinski definition) is 0. The first kappa shape index (κ1) is 23.0. The second kappa shape index (κ2) is 16.1. The Balaban J connectivity index is 1.75. The zero-order chi connectivity index (χ0) is 18.9. The van der Waals surface area contributed by atoms with Gasteiger partial charge in [-0.05, 0) is 12.8 Å². The predicted octanol–water partition coefficient (Wildman–Crippen LogP) is 6.33. The minimum absolute atomic E-state index is 0.0603. The normalized spacial score (nSPS) is 14.2. The second-order valence-corrected chi connectivity index (χ2v) is 7.76. The van der Waals surface area contributed by atoms with Gasteiger partial charge in [0.1, 0.15) is 0 Å². The van der Waals surface area contributed by atoms with Crippen LogP contribution >= 0.6 is 0 Å². The Morgan fingerprint density at radius 2 is 1.27 bits per heavy atom. The quantitative estimate of drug-likeness (QED) is 0.282. The Morgan fingerprint density at radius 1 is 0.808 bits per heavy atom. The van der Waals surface area contributed by atoms with Crippen molar-refractivity contribution >= 4 is 11.9 Å². The van der Waals surface area contributed by atoms with Gasteiger partial charge in [-0.3, -0.25) is 4.79 Å². The number of nitrogens with zero attached hydrogens (tertiary/aromatic N) is 1. The molecule has 152 valence electrons. The summed E-state index contributed by atoms with van der Waals surface area (Å²) in [6, 6.07) is 0. The van der Waals surface area contributed by atoms with E-state index >= 15 is 0 Å². The Bertz CT molecular complexity index is 370. The van der Waals surface area contributed by atoms with Crippen LogP contribution in [0.3, 0.4) is 0 Å². The summed E-state index contributed by atoms with van der Waals surface area (Å²) >= 11 is 0. The highest BCUT2D eigenvalue weighted by atomic mass is 16.7. The fraction of sp³-hybridized carbons (Fsp3) is 0.909. The first-order valence-electron chi connectivity index (χ1n) is 11.2. The molecule has 0 aliphatic carbocycles. The van der Waals surface area contributed by atoms with E-state index in [0.29, 0.717) is 19.4 Å². The lowest BCUT2D eigenvalue weighted by atomic mass is 10.0. The molecule has 1 saturated heterocycles. The molecule has 0 aromatic carbocycles. The van der Waals surface area contributed by atoms with Crippen molar-refractivity contribution in [3.63, 3.8) is 0 Å². The lowest BCUT2D eigenvalue weighted by Crippen LogP contribution is -2.28. The van der Waals surface area contributed by atoms with Gasteiger partial charge in [-0.1, -0.05) is 96.8 Å². The van der Waals surface area contributed by atoms with E-state index < -0.39 is 0 Å². The summed E-state index contributed by atoms with van der Waals surface area (Å²) in [5.41, 5.74) is 0. The van der Waals surface area contributed by atoms with Crippen LogP contribution in [-0.4, -0.2) is 23.5 Å². The molecule has 4 nitrogen and oxygen atoms in total. The Labute approximate surface area is 161 Å². The van der Waals surface area contributed by atoms with E-state index in [9.17, 15) is 9.59 Å². The third kappa shape index (κ3) is 12.3. The number of hydroxylamine groups is 2. The number of hydrogen-bond acceptors (Lipinski definition) is 3. The zero-order valence-corrected chi connectivity index (χ0v) is 17.1. The molecule has 0 N–H and O–H groups in total. The van der Waals surface area contributed by atoms with Crippen LogP contribution in [0.4, 0.5) is 0 Å². The molecule has 1 rings (SSSR count). The van der Waals surface area contributed by atoms with Gasteiger partial charge in [0, 0.05) is 12.8 Å². The van der Waals surface area contributed by atoms with Crippen LogP contribution in [0.5, 0.6) is 0 Å². The van der Waals surface area contributed by atoms with Gasteiger partial charge < -0.3 is 4.84 Å². The van der Waals surface area contributed by atoms with E-state index in [0.717, 1.165) is 19.3 Å². The fourth-order valence-electron chi connectivity index (χ4n) is 3.53. The molecule has 0 atom stereocenters. The van der Waals surface area contributed by atoms with Crippen LogP contribution in [0.1, 0.15) is 122 Å². The van der Waals surface area contributed by atoms with Gasteiger partial charge in [0.25, 0.3) is 5.91 Å². The largest absolute Gasteiger partial charge is 0.338 e. The van der Waals surface area contributed by atoms with Gasteiger partial charge >= 0.3 is 5.97 Å². The fourth-order valence-corrected chi connectivity index (χ4v) is 3.53. The maximum Gasteiger partial charge on any atom is 0.332 e. The van der Waals surface area contributed by atoms with Crippen molar-refractivity contribution in [2.24, 2.45) is 0 Å². The van der Waals surface area contributed by atoms with Crippen molar-refractivity contribution in [3.05, 3.63) is 0 Å². The molecule has 0 spiro atoms. The first-order valence-corrected chi connectivity index (χ1v) is 11.2. The molecule has 0 unspecified atom stereocenters. The van der Waals surface area contributed by atoms with Gasteiger partial charge in [-0.2, -0.15) is 5.06 Å². The molecular formula is C22H41NO3. The lowest BCUT2D eigenvalue weighted by Gasteiger charge is -2.14. The van der Waals surface area contributed by atoms with E-state index in [-0.39, 0.29) is 11.9 Å². The standard InChI is InChI=1S/C22H41NO3/c1-2-3-4-5-6-7-8-9-10-11-12-13-14-15-16-19-22(25)26-23-20-17-18-21(23)24/h2-20H2,1H3. The van der Waals surface area contributed by atoms with Gasteiger partial charge in [-0.15, -0.1) is 0 Å². The average Bonchev–Trinajstić information content (AvgIpc) is 3.03. The molecule has 0 bridgehead atoms. The van der Waals surface area contributed by atoms with Gasteiger partial charge in [0.05, 0.1) is 6.54 Å². The van der Waals surface area contributed by atoms with E-state index in [1.54, 1.807) is 0 Å². The van der Waals surface area contributed by atoms with Gasteiger partial charge in [-0.25, -0.2) is 4.79 Å². The summed E-state index contributed by atoms with van der Waals surface area (Å²) in [6.45, 7) is 2.83. The molecule has 1 aliphatic rings. The molecular weight excluding hydrogens is 326 g/mol. The summed E-state index contributed by atoms with van der Waals surface area (Å²) < 4.78 is 0. The predicted molar refractivity (Wildman–Crippen MR) is 107 cm³/mol. The van der Waals surface area contributed by atoms with Crippen molar-refractivity contribution in [1.29, 1.82) is 0 Å². The highest BCUT2D eigenvalue weighted by molar-refractivity contribution is 5.79. The number of unbranched alkanes of at least 4 members (excludes halogenated alkanes) is 14. The van der Waals surface area contributed by atoms with Crippen molar-refractivity contribution in [2.45, 2.75) is 122 Å². The van der Waals surface area contributed by atoms with Crippen LogP contribution in [0.25, 0.3) is 0 Å². The molecule has 0 saturated carbocycles. The average molecular weight is 368 g/mol. The monoisotopic (exact) mass is 367 g/mol. The first-order chi connectivity index (χ1) is 12.7. The van der Waals surface area contributed by atoms with Gasteiger partial charge in [0.2, 0.25) is 0 Å². The molecule has 4 heteroatoms. The van der Waals surface area contributed by atoms with Crippen LogP contribution in [-0.2, 0) is 14.4 Å². The summed E-state index contributed by atoms with van der Waals surface area (Å²) in [4.78, 5) is 28.1. The topological polar surface area (TPSA) is 46.6 Å². The van der Waals surface area contributed by atoms with Crippen LogP contribution in [0, 0.1) is 0 Å². The second-order valence-electron chi connectivity index (χ2n) is 7.76. The van der Waals surface area contributed by atoms with Gasteiger partial charge in [0.15, 0.2) is 0 Å². The summed E-state index contributed by atoms with van der Waals surface area (Å²) in [7, 11) is 0. The van der Waals surface area contributed by atoms with E-state index in [4.69, 9.17) is 4.84 Å². The number of carbonyl (C=O) groups is 2. The molecule has 1 heterocycles. The molecule has 26 heavy (non-hydrogen) atoms. The van der Waals surface area contributed by atoms with Crippen LogP contribution in [0.15, 0.2) is 0 Å². The SMILES string of the molecule is CCCCCCCCCCCCCCCCCC(=O)ON1CCCC1=O. The maximum atomic E-state index is 11.7. The minimum atomic E-state index is -0.255. The highest BCUT2D eigenvalue weighted by Gasteiger charge is 2.23. The molecule has 1 fully saturated rings. The number of amides is 1. The molecule has 1 aliphatic heterocycles. The summed E-state index contributed by atoms with van der Waals surface area (Å²) in [5, 5.41) is 1.23. The molecule has 1 amide bonds. The van der Waals surface area contributed by atoms with Crippen molar-refractivity contribution in [3.8, 4) is 0 Å². The Hall–Kier alpha value is -1.06. The molecule has 0 aromatic heterocycles. The maximum absolute atomic E-state index is 11.7. The molecule has 0 radical (unpaired) electrons. The minimum Gasteiger partial charge on any atom is -0.338 e. The third-order valence-corrected chi connectivity index (χ3v) is 5.23. The van der Waals surface area contributed by atoms with Crippen molar-refractivity contribution < 1.29 is 14.4 Å². The highest BCUT2D eigenvalue weighted by Crippen LogP contribution is 2.15. The number of rotatable bonds is 17. The number of carbonyl (C=O) groups excluding carboxylic acids is 2. The van der Waals surface area contributed by atoms with Crippen molar-refractivity contribution in [2.75, 3.05) is 6.54 Å².